The van der Waals surface area contributed by atoms with E-state index >= 15 is 0 Å². The van der Waals surface area contributed by atoms with Gasteiger partial charge in [0.05, 0.1) is 6.61 Å². The van der Waals surface area contributed by atoms with E-state index in [1.807, 2.05) is 31.2 Å². The van der Waals surface area contributed by atoms with Gasteiger partial charge in [-0.25, -0.2) is 4.79 Å². The van der Waals surface area contributed by atoms with Crippen LogP contribution in [0.1, 0.15) is 5.56 Å². The number of carbonyl (C=O) groups is 2. The Balaban J connectivity index is 2.20. The topological polar surface area (TPSA) is 75.6 Å². The van der Waals surface area contributed by atoms with Gasteiger partial charge in [-0.05, 0) is 24.6 Å². The Bertz CT molecular complexity index is 425. The van der Waals surface area contributed by atoms with Crippen molar-refractivity contribution in [1.29, 1.82) is 0 Å². The van der Waals surface area contributed by atoms with Gasteiger partial charge in [-0.15, -0.1) is 0 Å². The average molecular weight is 283 g/mol. The number of aryl methyl sites for hydroxylation is 1. The van der Waals surface area contributed by atoms with Crippen LogP contribution < -0.4 is 10.1 Å². The predicted molar refractivity (Wildman–Crippen MR) is 74.6 cm³/mol. The van der Waals surface area contributed by atoms with Crippen molar-refractivity contribution in [3.63, 3.8) is 0 Å². The van der Waals surface area contributed by atoms with E-state index in [4.69, 9.17) is 9.84 Å². The summed E-state index contributed by atoms with van der Waals surface area (Å²) in [4.78, 5) is 21.0. The fraction of sp³-hybridized carbons (Fsp3) is 0.385. The number of amides is 1. The summed E-state index contributed by atoms with van der Waals surface area (Å²) >= 11 is 1.43. The van der Waals surface area contributed by atoms with E-state index < -0.39 is 12.0 Å². The number of carboxylic acid groups (broad SMARTS) is 1. The van der Waals surface area contributed by atoms with E-state index in [9.17, 15) is 9.59 Å². The summed E-state index contributed by atoms with van der Waals surface area (Å²) in [7, 11) is 0. The number of carbonyl (C=O) groups excluding carboxylic acids is 1. The van der Waals surface area contributed by atoms with Crippen molar-refractivity contribution in [2.75, 3.05) is 18.1 Å². The molecular weight excluding hydrogens is 266 g/mol. The van der Waals surface area contributed by atoms with Gasteiger partial charge in [-0.3, -0.25) is 4.79 Å². The first-order valence-corrected chi connectivity index (χ1v) is 6.98. The first-order chi connectivity index (χ1) is 9.13. The quantitative estimate of drug-likeness (QED) is 0.528. The van der Waals surface area contributed by atoms with Gasteiger partial charge in [-0.1, -0.05) is 12.1 Å². The predicted octanol–water partition coefficient (Wildman–Crippen LogP) is 1.31. The number of aliphatic carboxylic acids is 1. The molecule has 0 spiro atoms. The average Bonchev–Trinajstić information content (AvgIpc) is 2.37. The van der Waals surface area contributed by atoms with Crippen LogP contribution >= 0.6 is 11.8 Å². The summed E-state index contributed by atoms with van der Waals surface area (Å²) in [6.45, 7) is 2.49. The molecule has 1 amide bonds. The fourth-order valence-electron chi connectivity index (χ4n) is 1.40. The molecule has 104 valence electrons. The van der Waals surface area contributed by atoms with Gasteiger partial charge in [0.15, 0.2) is 0 Å². The highest BCUT2D eigenvalue weighted by Gasteiger charge is 2.15. The van der Waals surface area contributed by atoms with E-state index in [1.54, 1.807) is 0 Å². The maximum atomic E-state index is 10.7. The van der Waals surface area contributed by atoms with Crippen LogP contribution in [0, 0.1) is 6.92 Å². The molecule has 5 nitrogen and oxygen atoms in total. The number of hydrogen-bond donors (Lipinski definition) is 2. The van der Waals surface area contributed by atoms with Crippen LogP contribution in [0.25, 0.3) is 0 Å². The fourth-order valence-corrected chi connectivity index (χ4v) is 2.24. The molecule has 0 aliphatic carbocycles. The maximum absolute atomic E-state index is 10.7. The molecule has 1 aromatic carbocycles. The van der Waals surface area contributed by atoms with E-state index in [-0.39, 0.29) is 0 Å². The first-order valence-electron chi connectivity index (χ1n) is 5.83. The summed E-state index contributed by atoms with van der Waals surface area (Å²) in [6.07, 6.45) is 0.405. The lowest BCUT2D eigenvalue weighted by Gasteiger charge is -2.11. The normalized spacial score (nSPS) is 11.6. The number of hydrogen-bond acceptors (Lipinski definition) is 4. The summed E-state index contributed by atoms with van der Waals surface area (Å²) < 4.78 is 5.53. The minimum Gasteiger partial charge on any atom is -0.493 e. The minimum atomic E-state index is -1.03. The van der Waals surface area contributed by atoms with Crippen molar-refractivity contribution in [3.05, 3.63) is 29.8 Å². The molecule has 1 atom stereocenters. The monoisotopic (exact) mass is 283 g/mol. The SMILES string of the molecule is Cc1cccc(OCCSCC(NC=O)C(=O)O)c1. The molecule has 0 heterocycles. The molecule has 19 heavy (non-hydrogen) atoms. The Hall–Kier alpha value is -1.69. The van der Waals surface area contributed by atoms with Gasteiger partial charge in [0.25, 0.3) is 0 Å². The number of carboxylic acids is 1. The van der Waals surface area contributed by atoms with Gasteiger partial charge in [0.1, 0.15) is 11.8 Å². The van der Waals surface area contributed by atoms with Crippen LogP contribution in [0.5, 0.6) is 5.75 Å². The third-order valence-corrected chi connectivity index (χ3v) is 3.36. The number of thioether (sulfide) groups is 1. The number of ether oxygens (including phenoxy) is 1. The van der Waals surface area contributed by atoms with E-state index in [2.05, 4.69) is 5.32 Å². The maximum Gasteiger partial charge on any atom is 0.327 e. The van der Waals surface area contributed by atoms with Crippen molar-refractivity contribution in [2.24, 2.45) is 0 Å². The van der Waals surface area contributed by atoms with Crippen LogP contribution in [0.15, 0.2) is 24.3 Å². The lowest BCUT2D eigenvalue weighted by molar-refractivity contribution is -0.139. The third kappa shape index (κ3) is 6.15. The smallest absolute Gasteiger partial charge is 0.327 e. The molecule has 0 aliphatic heterocycles. The highest BCUT2D eigenvalue weighted by atomic mass is 32.2. The second-order valence-corrected chi connectivity index (χ2v) is 5.07. The number of benzene rings is 1. The van der Waals surface area contributed by atoms with Crippen LogP contribution in [0.2, 0.25) is 0 Å². The van der Waals surface area contributed by atoms with Gasteiger partial charge in [-0.2, -0.15) is 11.8 Å². The van der Waals surface area contributed by atoms with Crippen molar-refractivity contribution < 1.29 is 19.4 Å². The number of nitrogens with one attached hydrogen (secondary N) is 1. The Morgan fingerprint density at radius 2 is 2.37 bits per heavy atom. The van der Waals surface area contributed by atoms with Gasteiger partial charge >= 0.3 is 5.97 Å². The molecule has 1 unspecified atom stereocenters. The lowest BCUT2D eigenvalue weighted by Crippen LogP contribution is -2.38. The van der Waals surface area contributed by atoms with E-state index in [0.717, 1.165) is 11.3 Å². The molecule has 1 aromatic rings. The van der Waals surface area contributed by atoms with E-state index in [1.165, 1.54) is 11.8 Å². The standard InChI is InChI=1S/C13H17NO4S/c1-10-3-2-4-11(7-10)18-5-6-19-8-12(13(16)17)14-9-15/h2-4,7,9,12H,5-6,8H2,1H3,(H,14,15)(H,16,17). The highest BCUT2D eigenvalue weighted by molar-refractivity contribution is 7.99. The largest absolute Gasteiger partial charge is 0.493 e. The van der Waals surface area contributed by atoms with Crippen LogP contribution in [-0.2, 0) is 9.59 Å². The van der Waals surface area contributed by atoms with E-state index in [0.29, 0.717) is 24.5 Å². The molecule has 0 aliphatic rings. The summed E-state index contributed by atoms with van der Waals surface area (Å²) in [5, 5.41) is 11.1. The Morgan fingerprint density at radius 3 is 3.00 bits per heavy atom. The summed E-state index contributed by atoms with van der Waals surface area (Å²) in [5.41, 5.74) is 1.13. The Kier molecular flexibility index (Phi) is 6.81. The summed E-state index contributed by atoms with van der Waals surface area (Å²) in [6, 6.07) is 6.89. The zero-order chi connectivity index (χ0) is 14.1. The molecule has 0 saturated heterocycles. The molecule has 0 aromatic heterocycles. The minimum absolute atomic E-state index is 0.325. The second kappa shape index (κ2) is 8.42. The molecule has 1 rings (SSSR count). The number of rotatable bonds is 9. The lowest BCUT2D eigenvalue weighted by atomic mass is 10.2. The van der Waals surface area contributed by atoms with Crippen molar-refractivity contribution >= 4 is 24.1 Å². The van der Waals surface area contributed by atoms with Crippen LogP contribution in [-0.4, -0.2) is 41.6 Å². The first kappa shape index (κ1) is 15.4. The van der Waals surface area contributed by atoms with Gasteiger partial charge in [0.2, 0.25) is 6.41 Å². The van der Waals surface area contributed by atoms with Crippen LogP contribution in [0.4, 0.5) is 0 Å². The molecule has 6 heteroatoms. The van der Waals surface area contributed by atoms with Gasteiger partial charge < -0.3 is 15.2 Å². The van der Waals surface area contributed by atoms with Crippen molar-refractivity contribution in [2.45, 2.75) is 13.0 Å². The zero-order valence-corrected chi connectivity index (χ0v) is 11.5. The molecule has 0 bridgehead atoms. The molecule has 2 N–H and O–H groups in total. The van der Waals surface area contributed by atoms with Gasteiger partial charge in [0, 0.05) is 11.5 Å². The molecular formula is C13H17NO4S. The molecule has 0 radical (unpaired) electrons. The van der Waals surface area contributed by atoms with Crippen molar-refractivity contribution in [3.8, 4) is 5.75 Å². The van der Waals surface area contributed by atoms with Crippen molar-refractivity contribution in [1.82, 2.24) is 5.32 Å². The molecule has 0 saturated carbocycles. The Morgan fingerprint density at radius 1 is 1.58 bits per heavy atom. The zero-order valence-electron chi connectivity index (χ0n) is 10.7. The third-order valence-electron chi connectivity index (χ3n) is 2.34. The summed E-state index contributed by atoms with van der Waals surface area (Å²) in [5.74, 6) is 0.768. The molecule has 0 fully saturated rings. The van der Waals surface area contributed by atoms with Crippen LogP contribution in [0.3, 0.4) is 0 Å². The Labute approximate surface area is 116 Å². The second-order valence-electron chi connectivity index (χ2n) is 3.92. The highest BCUT2D eigenvalue weighted by Crippen LogP contribution is 2.13.